The van der Waals surface area contributed by atoms with Crippen molar-refractivity contribution in [3.63, 3.8) is 0 Å². The first-order valence-corrected chi connectivity index (χ1v) is 6.72. The molecule has 0 aromatic carbocycles. The van der Waals surface area contributed by atoms with Gasteiger partial charge in [-0.3, -0.25) is 4.90 Å². The molecule has 0 saturated carbocycles. The number of pyridine rings is 1. The first-order valence-electron chi connectivity index (χ1n) is 6.72. The minimum atomic E-state index is -4.39. The van der Waals surface area contributed by atoms with Crippen molar-refractivity contribution < 1.29 is 13.2 Å². The number of anilines is 2. The van der Waals surface area contributed by atoms with Gasteiger partial charge in [0.25, 0.3) is 0 Å². The van der Waals surface area contributed by atoms with E-state index in [1.807, 2.05) is 4.90 Å². The average molecular weight is 288 g/mol. The minimum absolute atomic E-state index is 0.0918. The number of hydrogen-bond acceptors (Lipinski definition) is 4. The van der Waals surface area contributed by atoms with Crippen molar-refractivity contribution in [3.8, 4) is 0 Å². The number of halogens is 3. The molecule has 4 nitrogen and oxygen atoms in total. The molecule has 1 fully saturated rings. The van der Waals surface area contributed by atoms with Gasteiger partial charge in [0.15, 0.2) is 0 Å². The summed E-state index contributed by atoms with van der Waals surface area (Å²) in [5, 5.41) is 0. The highest BCUT2D eigenvalue weighted by molar-refractivity contribution is 5.49. The third-order valence-corrected chi connectivity index (χ3v) is 3.40. The lowest BCUT2D eigenvalue weighted by Gasteiger charge is -2.35. The van der Waals surface area contributed by atoms with E-state index in [9.17, 15) is 13.2 Å². The Labute approximate surface area is 116 Å². The standard InChI is InChI=1S/C13H19F3N4/c1-2-3-19-4-6-20(7-5-19)12-9-10(13(14,15)16)8-11(17)18-12/h8-9H,2-7H2,1H3,(H2,17,18). The summed E-state index contributed by atoms with van der Waals surface area (Å²) in [7, 11) is 0. The Morgan fingerprint density at radius 2 is 1.85 bits per heavy atom. The molecule has 1 aromatic rings. The van der Waals surface area contributed by atoms with Gasteiger partial charge in [-0.25, -0.2) is 4.98 Å². The largest absolute Gasteiger partial charge is 0.416 e. The van der Waals surface area contributed by atoms with Crippen LogP contribution in [0.1, 0.15) is 18.9 Å². The zero-order valence-electron chi connectivity index (χ0n) is 11.5. The summed E-state index contributed by atoms with van der Waals surface area (Å²) in [6, 6.07) is 1.95. The second kappa shape index (κ2) is 5.87. The molecule has 0 spiro atoms. The first-order chi connectivity index (χ1) is 9.40. The molecule has 1 aromatic heterocycles. The maximum atomic E-state index is 12.8. The second-order valence-electron chi connectivity index (χ2n) is 4.97. The Kier molecular flexibility index (Phi) is 4.37. The third-order valence-electron chi connectivity index (χ3n) is 3.40. The van der Waals surface area contributed by atoms with Gasteiger partial charge >= 0.3 is 6.18 Å². The Morgan fingerprint density at radius 1 is 1.20 bits per heavy atom. The predicted octanol–water partition coefficient (Wildman–Crippen LogP) is 2.21. The molecule has 0 aliphatic carbocycles. The van der Waals surface area contributed by atoms with Gasteiger partial charge in [-0.05, 0) is 25.1 Å². The first kappa shape index (κ1) is 14.9. The summed E-state index contributed by atoms with van der Waals surface area (Å²) >= 11 is 0. The molecule has 2 heterocycles. The number of hydrogen-bond donors (Lipinski definition) is 1. The van der Waals surface area contributed by atoms with Gasteiger partial charge in [0.05, 0.1) is 5.56 Å². The van der Waals surface area contributed by atoms with E-state index in [4.69, 9.17) is 5.73 Å². The van der Waals surface area contributed by atoms with Crippen LogP contribution in [0.15, 0.2) is 12.1 Å². The summed E-state index contributed by atoms with van der Waals surface area (Å²) in [6.07, 6.45) is -3.31. The Balaban J connectivity index is 2.12. The fourth-order valence-electron chi connectivity index (χ4n) is 2.38. The molecule has 1 saturated heterocycles. The highest BCUT2D eigenvalue weighted by Gasteiger charge is 2.32. The van der Waals surface area contributed by atoms with Crippen molar-refractivity contribution >= 4 is 11.6 Å². The Bertz CT molecular complexity index is 453. The number of rotatable bonds is 3. The monoisotopic (exact) mass is 288 g/mol. The van der Waals surface area contributed by atoms with E-state index in [0.717, 1.165) is 38.2 Å². The molecule has 0 atom stereocenters. The van der Waals surface area contributed by atoms with E-state index < -0.39 is 11.7 Å². The quantitative estimate of drug-likeness (QED) is 0.926. The predicted molar refractivity (Wildman–Crippen MR) is 72.6 cm³/mol. The van der Waals surface area contributed by atoms with E-state index in [2.05, 4.69) is 16.8 Å². The minimum Gasteiger partial charge on any atom is -0.384 e. The van der Waals surface area contributed by atoms with Crippen LogP contribution < -0.4 is 10.6 Å². The molecule has 0 bridgehead atoms. The smallest absolute Gasteiger partial charge is 0.384 e. The zero-order valence-corrected chi connectivity index (χ0v) is 11.5. The van der Waals surface area contributed by atoms with Gasteiger partial charge in [-0.15, -0.1) is 0 Å². The number of nitrogens with two attached hydrogens (primary N) is 1. The highest BCUT2D eigenvalue weighted by Crippen LogP contribution is 2.32. The molecule has 2 N–H and O–H groups in total. The van der Waals surface area contributed by atoms with E-state index in [0.29, 0.717) is 18.9 Å². The fourth-order valence-corrected chi connectivity index (χ4v) is 2.38. The SMILES string of the molecule is CCCN1CCN(c2cc(C(F)(F)F)cc(N)n2)CC1. The average Bonchev–Trinajstić information content (AvgIpc) is 2.38. The van der Waals surface area contributed by atoms with Crippen LogP contribution in [0.3, 0.4) is 0 Å². The topological polar surface area (TPSA) is 45.4 Å². The van der Waals surface area contributed by atoms with Crippen molar-refractivity contribution in [2.75, 3.05) is 43.4 Å². The lowest BCUT2D eigenvalue weighted by molar-refractivity contribution is -0.137. The Hall–Kier alpha value is -1.50. The van der Waals surface area contributed by atoms with Crippen molar-refractivity contribution in [2.24, 2.45) is 0 Å². The van der Waals surface area contributed by atoms with Crippen molar-refractivity contribution in [3.05, 3.63) is 17.7 Å². The van der Waals surface area contributed by atoms with Crippen molar-refractivity contribution in [1.82, 2.24) is 9.88 Å². The van der Waals surface area contributed by atoms with Crippen LogP contribution >= 0.6 is 0 Å². The van der Waals surface area contributed by atoms with Crippen molar-refractivity contribution in [1.29, 1.82) is 0 Å². The van der Waals surface area contributed by atoms with Gasteiger partial charge in [0.1, 0.15) is 11.6 Å². The summed E-state index contributed by atoms with van der Waals surface area (Å²) in [5.74, 6) is 0.222. The maximum absolute atomic E-state index is 12.8. The van der Waals surface area contributed by atoms with Gasteiger partial charge in [-0.1, -0.05) is 6.92 Å². The number of nitrogens with zero attached hydrogens (tertiary/aromatic N) is 3. The summed E-state index contributed by atoms with van der Waals surface area (Å²) in [5.41, 5.74) is 4.75. The second-order valence-corrected chi connectivity index (χ2v) is 4.97. The summed E-state index contributed by atoms with van der Waals surface area (Å²) in [4.78, 5) is 8.19. The molecule has 20 heavy (non-hydrogen) atoms. The highest BCUT2D eigenvalue weighted by atomic mass is 19.4. The van der Waals surface area contributed by atoms with Crippen molar-refractivity contribution in [2.45, 2.75) is 19.5 Å². The molecule has 1 aliphatic heterocycles. The molecule has 0 radical (unpaired) electrons. The fraction of sp³-hybridized carbons (Fsp3) is 0.615. The lowest BCUT2D eigenvalue weighted by Crippen LogP contribution is -2.46. The molecule has 7 heteroatoms. The Morgan fingerprint density at radius 3 is 2.40 bits per heavy atom. The van der Waals surface area contributed by atoms with Gasteiger partial charge in [0.2, 0.25) is 0 Å². The molecular weight excluding hydrogens is 269 g/mol. The number of piperazine rings is 1. The van der Waals surface area contributed by atoms with Gasteiger partial charge in [0, 0.05) is 26.2 Å². The lowest BCUT2D eigenvalue weighted by atomic mass is 10.2. The molecular formula is C13H19F3N4. The maximum Gasteiger partial charge on any atom is 0.416 e. The molecule has 0 amide bonds. The normalized spacial score (nSPS) is 17.5. The van der Waals surface area contributed by atoms with E-state index in [1.54, 1.807) is 0 Å². The van der Waals surface area contributed by atoms with Crippen LogP contribution in [0.25, 0.3) is 0 Å². The molecule has 1 aliphatic rings. The zero-order chi connectivity index (χ0) is 14.8. The summed E-state index contributed by atoms with van der Waals surface area (Å²) in [6.45, 7) is 6.16. The van der Waals surface area contributed by atoms with Crippen LogP contribution in [0, 0.1) is 0 Å². The third kappa shape index (κ3) is 3.53. The van der Waals surface area contributed by atoms with E-state index >= 15 is 0 Å². The molecule has 2 rings (SSSR count). The van der Waals surface area contributed by atoms with Gasteiger partial charge < -0.3 is 10.6 Å². The molecule has 112 valence electrons. The summed E-state index contributed by atoms with van der Waals surface area (Å²) < 4.78 is 38.3. The van der Waals surface area contributed by atoms with Gasteiger partial charge in [-0.2, -0.15) is 13.2 Å². The number of nitrogen functional groups attached to an aromatic ring is 1. The van der Waals surface area contributed by atoms with Crippen LogP contribution in [0.2, 0.25) is 0 Å². The van der Waals surface area contributed by atoms with E-state index in [1.165, 1.54) is 0 Å². The van der Waals surface area contributed by atoms with Crippen LogP contribution in [0.4, 0.5) is 24.8 Å². The molecule has 0 unspecified atom stereocenters. The number of aromatic nitrogens is 1. The van der Waals surface area contributed by atoms with Crippen LogP contribution in [-0.2, 0) is 6.18 Å². The van der Waals surface area contributed by atoms with Crippen LogP contribution in [0.5, 0.6) is 0 Å². The van der Waals surface area contributed by atoms with E-state index in [-0.39, 0.29) is 5.82 Å². The number of alkyl halides is 3. The van der Waals surface area contributed by atoms with Crippen LogP contribution in [-0.4, -0.2) is 42.6 Å².